The molecule has 5 heteroatoms. The van der Waals surface area contributed by atoms with Crippen LogP contribution in [0, 0.1) is 11.8 Å². The predicted octanol–water partition coefficient (Wildman–Crippen LogP) is 2.76. The van der Waals surface area contributed by atoms with Crippen LogP contribution in [0.3, 0.4) is 0 Å². The minimum absolute atomic E-state index is 0.157. The van der Waals surface area contributed by atoms with E-state index in [4.69, 9.17) is 4.74 Å². The highest BCUT2D eigenvalue weighted by Crippen LogP contribution is 2.31. The van der Waals surface area contributed by atoms with Gasteiger partial charge in [-0.1, -0.05) is 25.0 Å². The summed E-state index contributed by atoms with van der Waals surface area (Å²) in [7, 11) is 1.61. The van der Waals surface area contributed by atoms with Crippen LogP contribution in [0.25, 0.3) is 0 Å². The van der Waals surface area contributed by atoms with Gasteiger partial charge in [-0.05, 0) is 37.5 Å². The molecule has 0 saturated heterocycles. The molecule has 22 heavy (non-hydrogen) atoms. The van der Waals surface area contributed by atoms with Gasteiger partial charge in [0, 0.05) is 0 Å². The topological polar surface area (TPSA) is 75.6 Å². The van der Waals surface area contributed by atoms with Crippen LogP contribution in [0.1, 0.15) is 44.2 Å². The van der Waals surface area contributed by atoms with Crippen LogP contribution in [0.5, 0.6) is 5.75 Å². The lowest BCUT2D eigenvalue weighted by Gasteiger charge is -2.28. The lowest BCUT2D eigenvalue weighted by Crippen LogP contribution is -2.40. The van der Waals surface area contributed by atoms with Crippen LogP contribution in [0.15, 0.2) is 24.3 Å². The third-order valence-electron chi connectivity index (χ3n) is 4.39. The quantitative estimate of drug-likeness (QED) is 0.877. The largest absolute Gasteiger partial charge is 0.497 e. The SMILES string of the molecule is COc1ccc([C@H](C)NC(=O)[C@@H]2CCCC[C@@H]2C(=O)O)cc1. The summed E-state index contributed by atoms with van der Waals surface area (Å²) in [6.07, 6.45) is 3.04. The van der Waals surface area contributed by atoms with Crippen molar-refractivity contribution in [2.24, 2.45) is 11.8 Å². The van der Waals surface area contributed by atoms with E-state index in [0.29, 0.717) is 12.8 Å². The number of carboxylic acids is 1. The average Bonchev–Trinajstić information content (AvgIpc) is 2.54. The molecular weight excluding hydrogens is 282 g/mol. The molecule has 0 aromatic heterocycles. The Morgan fingerprint density at radius 2 is 1.77 bits per heavy atom. The highest BCUT2D eigenvalue weighted by molar-refractivity contribution is 5.85. The van der Waals surface area contributed by atoms with Gasteiger partial charge in [0.25, 0.3) is 0 Å². The van der Waals surface area contributed by atoms with E-state index in [-0.39, 0.29) is 11.9 Å². The zero-order chi connectivity index (χ0) is 16.1. The number of carbonyl (C=O) groups is 2. The molecular formula is C17H23NO4. The summed E-state index contributed by atoms with van der Waals surface area (Å²) < 4.78 is 5.11. The first-order valence-corrected chi connectivity index (χ1v) is 7.70. The van der Waals surface area contributed by atoms with Crippen molar-refractivity contribution in [3.8, 4) is 5.75 Å². The van der Waals surface area contributed by atoms with Crippen LogP contribution in [0.2, 0.25) is 0 Å². The Hall–Kier alpha value is -2.04. The van der Waals surface area contributed by atoms with Crippen molar-refractivity contribution >= 4 is 11.9 Å². The fourth-order valence-electron chi connectivity index (χ4n) is 3.04. The van der Waals surface area contributed by atoms with Crippen molar-refractivity contribution in [3.63, 3.8) is 0 Å². The number of aliphatic carboxylic acids is 1. The molecule has 0 unspecified atom stereocenters. The van der Waals surface area contributed by atoms with Gasteiger partial charge in [0.15, 0.2) is 0 Å². The van der Waals surface area contributed by atoms with Gasteiger partial charge < -0.3 is 15.2 Å². The number of hydrogen-bond donors (Lipinski definition) is 2. The highest BCUT2D eigenvalue weighted by Gasteiger charge is 2.36. The maximum absolute atomic E-state index is 12.4. The normalized spacial score (nSPS) is 22.6. The molecule has 1 saturated carbocycles. The van der Waals surface area contributed by atoms with E-state index in [1.165, 1.54) is 0 Å². The number of nitrogens with one attached hydrogen (secondary N) is 1. The molecule has 120 valence electrons. The number of hydrogen-bond acceptors (Lipinski definition) is 3. The number of carboxylic acid groups (broad SMARTS) is 1. The minimum Gasteiger partial charge on any atom is -0.497 e. The van der Waals surface area contributed by atoms with Crippen molar-refractivity contribution in [3.05, 3.63) is 29.8 Å². The van der Waals surface area contributed by atoms with Gasteiger partial charge in [0.05, 0.1) is 25.0 Å². The number of methoxy groups -OCH3 is 1. The van der Waals surface area contributed by atoms with E-state index in [1.54, 1.807) is 7.11 Å². The summed E-state index contributed by atoms with van der Waals surface area (Å²) in [6.45, 7) is 1.90. The summed E-state index contributed by atoms with van der Waals surface area (Å²) in [5.74, 6) is -1.24. The number of carbonyl (C=O) groups excluding carboxylic acids is 1. The van der Waals surface area contributed by atoms with Crippen molar-refractivity contribution in [1.82, 2.24) is 5.32 Å². The second-order valence-electron chi connectivity index (χ2n) is 5.84. The Morgan fingerprint density at radius 1 is 1.18 bits per heavy atom. The van der Waals surface area contributed by atoms with Crippen molar-refractivity contribution in [2.75, 3.05) is 7.11 Å². The summed E-state index contributed by atoms with van der Waals surface area (Å²) in [6, 6.07) is 7.34. The molecule has 1 aliphatic carbocycles. The monoisotopic (exact) mass is 305 g/mol. The van der Waals surface area contributed by atoms with Gasteiger partial charge >= 0.3 is 5.97 Å². The molecule has 1 aliphatic rings. The third kappa shape index (κ3) is 3.78. The zero-order valence-corrected chi connectivity index (χ0v) is 13.0. The molecule has 0 bridgehead atoms. The molecule has 5 nitrogen and oxygen atoms in total. The first kappa shape index (κ1) is 16.3. The molecule has 3 atom stereocenters. The van der Waals surface area contributed by atoms with Gasteiger partial charge in [-0.25, -0.2) is 0 Å². The van der Waals surface area contributed by atoms with Crippen LogP contribution < -0.4 is 10.1 Å². The number of ether oxygens (including phenoxy) is 1. The second kappa shape index (κ2) is 7.29. The van der Waals surface area contributed by atoms with Gasteiger partial charge in [-0.3, -0.25) is 9.59 Å². The molecule has 0 heterocycles. The maximum Gasteiger partial charge on any atom is 0.307 e. The third-order valence-corrected chi connectivity index (χ3v) is 4.39. The van der Waals surface area contributed by atoms with Crippen molar-refractivity contribution in [1.29, 1.82) is 0 Å². The van der Waals surface area contributed by atoms with Crippen LogP contribution in [-0.4, -0.2) is 24.1 Å². The van der Waals surface area contributed by atoms with Gasteiger partial charge in [-0.2, -0.15) is 0 Å². The van der Waals surface area contributed by atoms with E-state index in [1.807, 2.05) is 31.2 Å². The van der Waals surface area contributed by atoms with Gasteiger partial charge in [0.2, 0.25) is 5.91 Å². The van der Waals surface area contributed by atoms with Gasteiger partial charge in [0.1, 0.15) is 5.75 Å². The maximum atomic E-state index is 12.4. The number of rotatable bonds is 5. The summed E-state index contributed by atoms with van der Waals surface area (Å²) in [5.41, 5.74) is 0.969. The molecule has 0 aliphatic heterocycles. The molecule has 1 amide bonds. The Balaban J connectivity index is 2.01. The Bertz CT molecular complexity index is 526. The molecule has 0 spiro atoms. The molecule has 0 radical (unpaired) electrons. The average molecular weight is 305 g/mol. The first-order valence-electron chi connectivity index (χ1n) is 7.70. The predicted molar refractivity (Wildman–Crippen MR) is 82.6 cm³/mol. The first-order chi connectivity index (χ1) is 10.5. The Kier molecular flexibility index (Phi) is 5.41. The second-order valence-corrected chi connectivity index (χ2v) is 5.84. The van der Waals surface area contributed by atoms with E-state index in [9.17, 15) is 14.7 Å². The molecule has 1 aromatic carbocycles. The smallest absolute Gasteiger partial charge is 0.307 e. The Labute approximate surface area is 130 Å². The van der Waals surface area contributed by atoms with Gasteiger partial charge in [-0.15, -0.1) is 0 Å². The fourth-order valence-corrected chi connectivity index (χ4v) is 3.04. The van der Waals surface area contributed by atoms with E-state index in [2.05, 4.69) is 5.32 Å². The lowest BCUT2D eigenvalue weighted by atomic mass is 9.78. The fraction of sp³-hybridized carbons (Fsp3) is 0.529. The number of benzene rings is 1. The molecule has 2 rings (SSSR count). The molecule has 1 aromatic rings. The zero-order valence-electron chi connectivity index (χ0n) is 13.0. The van der Waals surface area contributed by atoms with Crippen LogP contribution >= 0.6 is 0 Å². The number of amides is 1. The highest BCUT2D eigenvalue weighted by atomic mass is 16.5. The van der Waals surface area contributed by atoms with Crippen molar-refractivity contribution in [2.45, 2.75) is 38.6 Å². The summed E-state index contributed by atoms with van der Waals surface area (Å²) in [4.78, 5) is 23.7. The molecule has 2 N–H and O–H groups in total. The van der Waals surface area contributed by atoms with E-state index < -0.39 is 17.8 Å². The standard InChI is InChI=1S/C17H23NO4/c1-11(12-7-9-13(22-2)10-8-12)18-16(19)14-5-3-4-6-15(14)17(20)21/h7-11,14-15H,3-6H2,1-2H3,(H,18,19)(H,20,21)/t11-,14+,15-/m0/s1. The lowest BCUT2D eigenvalue weighted by molar-refractivity contribution is -0.149. The Morgan fingerprint density at radius 3 is 2.32 bits per heavy atom. The van der Waals surface area contributed by atoms with Crippen molar-refractivity contribution < 1.29 is 19.4 Å². The summed E-state index contributed by atoms with van der Waals surface area (Å²) >= 11 is 0. The van der Waals surface area contributed by atoms with Crippen LogP contribution in [0.4, 0.5) is 0 Å². The molecule has 1 fully saturated rings. The minimum atomic E-state index is -0.864. The summed E-state index contributed by atoms with van der Waals surface area (Å²) in [5, 5.41) is 12.2. The van der Waals surface area contributed by atoms with E-state index in [0.717, 1.165) is 24.2 Å². The van der Waals surface area contributed by atoms with E-state index >= 15 is 0 Å². The van der Waals surface area contributed by atoms with Crippen LogP contribution in [-0.2, 0) is 9.59 Å².